The van der Waals surface area contributed by atoms with Crippen LogP contribution in [0.5, 0.6) is 11.5 Å². The van der Waals surface area contributed by atoms with E-state index in [1.54, 1.807) is 35.2 Å². The van der Waals surface area contributed by atoms with Gasteiger partial charge >= 0.3 is 0 Å². The van der Waals surface area contributed by atoms with Gasteiger partial charge in [0.1, 0.15) is 13.2 Å². The van der Waals surface area contributed by atoms with Gasteiger partial charge in [-0.25, -0.2) is 0 Å². The Labute approximate surface area is 167 Å². The Morgan fingerprint density at radius 2 is 1.72 bits per heavy atom. The van der Waals surface area contributed by atoms with Crippen LogP contribution in [0, 0.1) is 12.8 Å². The summed E-state index contributed by atoms with van der Waals surface area (Å²) >= 11 is 0. The van der Waals surface area contributed by atoms with Gasteiger partial charge in [0.2, 0.25) is 11.8 Å². The monoisotopic (exact) mass is 395 g/mol. The van der Waals surface area contributed by atoms with Gasteiger partial charge in [-0.2, -0.15) is 0 Å². The van der Waals surface area contributed by atoms with Crippen LogP contribution in [0.1, 0.15) is 22.3 Å². The smallest absolute Gasteiger partial charge is 0.269 e. The lowest BCUT2D eigenvalue weighted by Gasteiger charge is -2.22. The highest BCUT2D eigenvalue weighted by atomic mass is 16.6. The van der Waals surface area contributed by atoms with Crippen LogP contribution in [0.25, 0.3) is 0 Å². The molecule has 2 N–H and O–H groups in total. The van der Waals surface area contributed by atoms with Crippen molar-refractivity contribution in [2.24, 2.45) is 5.92 Å². The summed E-state index contributed by atoms with van der Waals surface area (Å²) in [6.45, 7) is 3.10. The molecule has 1 fully saturated rings. The van der Waals surface area contributed by atoms with Gasteiger partial charge in [0, 0.05) is 30.3 Å². The van der Waals surface area contributed by atoms with E-state index in [9.17, 15) is 14.4 Å². The van der Waals surface area contributed by atoms with E-state index in [4.69, 9.17) is 9.47 Å². The van der Waals surface area contributed by atoms with Crippen LogP contribution in [-0.2, 0) is 9.59 Å². The number of aryl methyl sites for hydroxylation is 1. The van der Waals surface area contributed by atoms with E-state index in [0.29, 0.717) is 36.0 Å². The number of nitrogens with one attached hydrogen (secondary N) is 2. The van der Waals surface area contributed by atoms with E-state index in [-0.39, 0.29) is 18.9 Å². The van der Waals surface area contributed by atoms with Crippen molar-refractivity contribution in [2.45, 2.75) is 13.3 Å². The molecular formula is C21H21N3O5. The highest BCUT2D eigenvalue weighted by Crippen LogP contribution is 2.35. The van der Waals surface area contributed by atoms with E-state index in [1.165, 1.54) is 0 Å². The van der Waals surface area contributed by atoms with Crippen LogP contribution in [0.4, 0.5) is 5.69 Å². The first-order valence-corrected chi connectivity index (χ1v) is 9.38. The third-order valence-electron chi connectivity index (χ3n) is 4.95. The topological polar surface area (TPSA) is 97.0 Å². The van der Waals surface area contributed by atoms with Gasteiger partial charge in [0.05, 0.1) is 5.92 Å². The molecule has 2 heterocycles. The number of fused-ring (bicyclic) bond motifs is 1. The Balaban J connectivity index is 1.36. The molecule has 1 saturated heterocycles. The predicted molar refractivity (Wildman–Crippen MR) is 105 cm³/mol. The molecule has 4 rings (SSSR count). The maximum Gasteiger partial charge on any atom is 0.269 e. The number of ether oxygens (including phenoxy) is 2. The quantitative estimate of drug-likeness (QED) is 0.769. The van der Waals surface area contributed by atoms with Crippen LogP contribution in [0.3, 0.4) is 0 Å². The van der Waals surface area contributed by atoms with Crippen LogP contribution in [0.15, 0.2) is 42.5 Å². The zero-order chi connectivity index (χ0) is 20.4. The molecule has 3 amide bonds. The maximum atomic E-state index is 12.4. The van der Waals surface area contributed by atoms with Crippen LogP contribution in [-0.4, -0.2) is 37.5 Å². The van der Waals surface area contributed by atoms with Gasteiger partial charge in [-0.05, 0) is 31.2 Å². The highest BCUT2D eigenvalue weighted by Gasteiger charge is 2.35. The van der Waals surface area contributed by atoms with E-state index in [2.05, 4.69) is 10.9 Å². The van der Waals surface area contributed by atoms with Crippen molar-refractivity contribution >= 4 is 23.4 Å². The van der Waals surface area contributed by atoms with Gasteiger partial charge in [-0.15, -0.1) is 0 Å². The minimum atomic E-state index is -0.561. The zero-order valence-corrected chi connectivity index (χ0v) is 15.9. The number of carbonyl (C=O) groups excluding carboxylic acids is 3. The molecule has 29 heavy (non-hydrogen) atoms. The van der Waals surface area contributed by atoms with Crippen molar-refractivity contribution in [1.82, 2.24) is 10.9 Å². The fourth-order valence-corrected chi connectivity index (χ4v) is 3.33. The molecule has 0 aromatic heterocycles. The SMILES string of the molecule is Cc1ccc(C(=O)NNC(=O)[C@H]2CC(=O)N(c3ccc4c(c3)OCCO4)C2)cc1. The molecule has 150 valence electrons. The lowest BCUT2D eigenvalue weighted by atomic mass is 10.1. The average Bonchev–Trinajstić information content (AvgIpc) is 3.13. The normalized spacial score (nSPS) is 17.8. The van der Waals surface area contributed by atoms with Crippen LogP contribution < -0.4 is 25.2 Å². The molecule has 0 radical (unpaired) electrons. The number of hydrogen-bond acceptors (Lipinski definition) is 5. The summed E-state index contributed by atoms with van der Waals surface area (Å²) in [7, 11) is 0. The van der Waals surface area contributed by atoms with Crippen molar-refractivity contribution in [1.29, 1.82) is 0 Å². The molecule has 0 saturated carbocycles. The predicted octanol–water partition coefficient (Wildman–Crippen LogP) is 1.58. The summed E-state index contributed by atoms with van der Waals surface area (Å²) in [6, 6.07) is 12.3. The second kappa shape index (κ2) is 7.83. The Morgan fingerprint density at radius 3 is 2.48 bits per heavy atom. The number of amides is 3. The third kappa shape index (κ3) is 4.01. The second-order valence-corrected chi connectivity index (χ2v) is 7.04. The van der Waals surface area contributed by atoms with Crippen molar-refractivity contribution in [3.05, 3.63) is 53.6 Å². The van der Waals surface area contributed by atoms with Crippen molar-refractivity contribution in [2.75, 3.05) is 24.7 Å². The molecular weight excluding hydrogens is 374 g/mol. The number of hydrogen-bond donors (Lipinski definition) is 2. The van der Waals surface area contributed by atoms with Gasteiger partial charge in [0.25, 0.3) is 5.91 Å². The number of rotatable bonds is 3. The van der Waals surface area contributed by atoms with Gasteiger partial charge in [-0.1, -0.05) is 17.7 Å². The molecule has 2 aromatic rings. The number of hydrazine groups is 1. The van der Waals surface area contributed by atoms with Gasteiger partial charge < -0.3 is 14.4 Å². The molecule has 0 spiro atoms. The van der Waals surface area contributed by atoms with Crippen molar-refractivity contribution in [3.63, 3.8) is 0 Å². The number of nitrogens with zero attached hydrogens (tertiary/aromatic N) is 1. The Morgan fingerprint density at radius 1 is 1.00 bits per heavy atom. The summed E-state index contributed by atoms with van der Waals surface area (Å²) in [5.74, 6) is -0.314. The van der Waals surface area contributed by atoms with Gasteiger partial charge in [0.15, 0.2) is 11.5 Å². The first kappa shape index (κ1) is 18.8. The molecule has 2 aliphatic rings. The summed E-state index contributed by atoms with van der Waals surface area (Å²) < 4.78 is 11.0. The first-order valence-electron chi connectivity index (χ1n) is 9.38. The summed E-state index contributed by atoms with van der Waals surface area (Å²) in [6.07, 6.45) is 0.0701. The van der Waals surface area contributed by atoms with Crippen molar-refractivity contribution in [3.8, 4) is 11.5 Å². The Bertz CT molecular complexity index is 957. The van der Waals surface area contributed by atoms with Gasteiger partial charge in [-0.3, -0.25) is 25.2 Å². The molecule has 0 bridgehead atoms. The fourth-order valence-electron chi connectivity index (χ4n) is 3.33. The van der Waals surface area contributed by atoms with Crippen molar-refractivity contribution < 1.29 is 23.9 Å². The third-order valence-corrected chi connectivity index (χ3v) is 4.95. The summed E-state index contributed by atoms with van der Waals surface area (Å²) in [4.78, 5) is 38.6. The fraction of sp³-hybridized carbons (Fsp3) is 0.286. The largest absolute Gasteiger partial charge is 0.486 e. The minimum Gasteiger partial charge on any atom is -0.486 e. The standard InChI is InChI=1S/C21H21N3O5/c1-13-2-4-14(5-3-13)20(26)22-23-21(27)15-10-19(25)24(12-15)16-6-7-17-18(11-16)29-9-8-28-17/h2-7,11,15H,8-10,12H2,1H3,(H,22,26)(H,23,27)/t15-/m0/s1. The number of benzene rings is 2. The molecule has 0 unspecified atom stereocenters. The van der Waals surface area contributed by atoms with E-state index in [1.807, 2.05) is 19.1 Å². The molecule has 0 aliphatic carbocycles. The van der Waals surface area contributed by atoms with E-state index in [0.717, 1.165) is 5.56 Å². The maximum absolute atomic E-state index is 12.4. The lowest BCUT2D eigenvalue weighted by molar-refractivity contribution is -0.126. The molecule has 8 nitrogen and oxygen atoms in total. The van der Waals surface area contributed by atoms with E-state index >= 15 is 0 Å². The Kier molecular flexibility index (Phi) is 5.07. The molecule has 8 heteroatoms. The minimum absolute atomic E-state index is 0.0701. The second-order valence-electron chi connectivity index (χ2n) is 7.04. The zero-order valence-electron chi connectivity index (χ0n) is 15.9. The highest BCUT2D eigenvalue weighted by molar-refractivity contribution is 6.01. The van der Waals surface area contributed by atoms with E-state index < -0.39 is 17.7 Å². The van der Waals surface area contributed by atoms with Crippen LogP contribution >= 0.6 is 0 Å². The molecule has 2 aromatic carbocycles. The average molecular weight is 395 g/mol. The lowest BCUT2D eigenvalue weighted by Crippen LogP contribution is -2.45. The number of carbonyl (C=O) groups is 3. The Hall–Kier alpha value is -3.55. The summed E-state index contributed by atoms with van der Waals surface area (Å²) in [5, 5.41) is 0. The number of anilines is 1. The van der Waals surface area contributed by atoms with Crippen LogP contribution in [0.2, 0.25) is 0 Å². The molecule has 2 aliphatic heterocycles. The molecule has 1 atom stereocenters. The first-order chi connectivity index (χ1) is 14.0. The summed E-state index contributed by atoms with van der Waals surface area (Å²) in [5.41, 5.74) is 6.95.